The number of aliphatic hydroxyl groups is 6. The van der Waals surface area contributed by atoms with Gasteiger partial charge < -0.3 is 59.9 Å². The van der Waals surface area contributed by atoms with Crippen LogP contribution in [0.25, 0.3) is 0 Å². The number of nitrogens with zero attached hydrogens (tertiary/aromatic N) is 1. The summed E-state index contributed by atoms with van der Waals surface area (Å²) in [6, 6.07) is 12.4. The molecule has 0 spiro atoms. The highest BCUT2D eigenvalue weighted by Gasteiger charge is 2.54. The van der Waals surface area contributed by atoms with Crippen molar-refractivity contribution in [3.8, 4) is 11.5 Å². The molecule has 59 heavy (non-hydrogen) atoms. The number of carbonyl (C=O) groups excluding carboxylic acids is 4. The van der Waals surface area contributed by atoms with Crippen molar-refractivity contribution in [2.45, 2.75) is 106 Å². The number of anilines is 1. The lowest BCUT2D eigenvalue weighted by Crippen LogP contribution is -2.70. The van der Waals surface area contributed by atoms with Crippen LogP contribution < -0.4 is 36.1 Å². The van der Waals surface area contributed by atoms with Gasteiger partial charge in [-0.15, -0.1) is 0 Å². The second-order valence-electron chi connectivity index (χ2n) is 15.7. The van der Waals surface area contributed by atoms with Crippen molar-refractivity contribution < 1.29 is 64.0 Å². The summed E-state index contributed by atoms with van der Waals surface area (Å²) in [6.07, 6.45) is -9.54. The number of hydrogen-bond acceptors (Lipinski definition) is 17. The van der Waals surface area contributed by atoms with E-state index in [-0.39, 0.29) is 77.6 Å². The number of rotatable bonds is 12. The fourth-order valence-electron chi connectivity index (χ4n) is 8.85. The lowest BCUT2D eigenvalue weighted by molar-refractivity contribution is -0.304. The summed E-state index contributed by atoms with van der Waals surface area (Å²) >= 11 is 0. The molecule has 11 N–H and O–H groups in total. The first-order chi connectivity index (χ1) is 28.3. The Labute approximate surface area is 337 Å². The Balaban J connectivity index is 1.28. The van der Waals surface area contributed by atoms with E-state index in [0.29, 0.717) is 35.9 Å². The van der Waals surface area contributed by atoms with Gasteiger partial charge in [0.15, 0.2) is 23.1 Å². The number of fused-ring (bicyclic) bond motifs is 3. The van der Waals surface area contributed by atoms with Gasteiger partial charge in [0, 0.05) is 40.8 Å². The first kappa shape index (κ1) is 40.9. The summed E-state index contributed by atoms with van der Waals surface area (Å²) in [4.78, 5) is 55.0. The Morgan fingerprint density at radius 2 is 1.71 bits per heavy atom. The number of para-hydroxylation sites is 1. The third-order valence-corrected chi connectivity index (χ3v) is 11.9. The summed E-state index contributed by atoms with van der Waals surface area (Å²) in [7, 11) is 0. The van der Waals surface area contributed by atoms with Crippen LogP contribution in [-0.2, 0) is 27.4 Å². The van der Waals surface area contributed by atoms with Gasteiger partial charge >= 0.3 is 0 Å². The third kappa shape index (κ3) is 7.39. The molecule has 3 heterocycles. The molecule has 1 amide bonds. The molecule has 18 heteroatoms. The van der Waals surface area contributed by atoms with E-state index in [9.17, 15) is 49.8 Å². The van der Waals surface area contributed by atoms with Gasteiger partial charge in [0.2, 0.25) is 12.2 Å². The monoisotopic (exact) mass is 817 g/mol. The van der Waals surface area contributed by atoms with Crippen LogP contribution in [0.4, 0.5) is 5.69 Å². The summed E-state index contributed by atoms with van der Waals surface area (Å²) in [5, 5.41) is 74.6. The molecule has 2 aliphatic carbocycles. The lowest BCUT2D eigenvalue weighted by Gasteiger charge is -2.45. The minimum atomic E-state index is -1.90. The van der Waals surface area contributed by atoms with Crippen LogP contribution in [0.2, 0.25) is 0 Å². The van der Waals surface area contributed by atoms with Crippen molar-refractivity contribution in [2.75, 3.05) is 18.2 Å². The number of ether oxygens (including phenoxy) is 3. The topological polar surface area (TPSA) is 283 Å². The van der Waals surface area contributed by atoms with Crippen molar-refractivity contribution in [3.05, 3.63) is 87.5 Å². The predicted octanol–water partition coefficient (Wildman–Crippen LogP) is -1.61. The zero-order valence-electron chi connectivity index (χ0n) is 31.8. The molecule has 0 radical (unpaired) electrons. The van der Waals surface area contributed by atoms with Crippen LogP contribution in [0.3, 0.4) is 0 Å². The maximum atomic E-state index is 14.5. The highest BCUT2D eigenvalue weighted by molar-refractivity contribution is 6.29. The molecule has 8 rings (SSSR count). The Kier molecular flexibility index (Phi) is 11.3. The Morgan fingerprint density at radius 3 is 2.46 bits per heavy atom. The molecule has 3 saturated heterocycles. The van der Waals surface area contributed by atoms with Crippen LogP contribution in [0, 0.1) is 0 Å². The molecule has 5 aliphatic rings. The fraction of sp³-hybridized carbons (Fsp3) is 0.463. The normalized spacial score (nSPS) is 29.0. The van der Waals surface area contributed by atoms with Crippen LogP contribution in [0.1, 0.15) is 80.6 Å². The van der Waals surface area contributed by atoms with E-state index >= 15 is 0 Å². The quantitative estimate of drug-likeness (QED) is 0.0720. The van der Waals surface area contributed by atoms with Crippen molar-refractivity contribution in [1.82, 2.24) is 16.0 Å². The summed E-state index contributed by atoms with van der Waals surface area (Å²) < 4.78 is 18.8. The minimum Gasteiger partial charge on any atom is -0.486 e. The molecular weight excluding hydrogens is 770 g/mol. The van der Waals surface area contributed by atoms with Crippen LogP contribution in [-0.4, -0.2) is 129 Å². The van der Waals surface area contributed by atoms with E-state index < -0.39 is 85.7 Å². The zero-order valence-corrected chi connectivity index (χ0v) is 31.8. The van der Waals surface area contributed by atoms with E-state index in [1.165, 1.54) is 24.3 Å². The average molecular weight is 818 g/mol. The first-order valence-electron chi connectivity index (χ1n) is 19.6. The number of nitrogens with one attached hydrogen (secondary N) is 3. The molecule has 0 unspecified atom stereocenters. The molecule has 314 valence electrons. The number of aldehydes is 1. The van der Waals surface area contributed by atoms with E-state index in [1.54, 1.807) is 18.2 Å². The van der Waals surface area contributed by atoms with Crippen LogP contribution >= 0.6 is 0 Å². The summed E-state index contributed by atoms with van der Waals surface area (Å²) in [5.74, 6) is -2.12. The van der Waals surface area contributed by atoms with E-state index in [0.717, 1.165) is 0 Å². The standard InChI is InChI=1S/C41H47N5O13/c42-40-44-37-28(38(55)45-40)43-18-46(37)26-6-2-1-5-20(26)14-21-15-25-27(30(51)24-13-19(16-48)7-8-23(24)29(25)50)35(57-17-22(49)9-12-47)34(21)58-39-33(54)31(52)32(53)36(59-39)41(56)10-3-4-11-41/h1-2,5-8,12-13,15,22,28,31-33,36-37,39-40,43-44,48-49,52-54,56H,3-4,9-11,14,16-18,42H2,(H,45,55)/t22-,28-,31-,32-,33+,36-,37+,39+,40+/m1/s1. The number of amides is 1. The van der Waals surface area contributed by atoms with Gasteiger partial charge in [0.1, 0.15) is 55.8 Å². The molecule has 9 atom stereocenters. The molecule has 3 aromatic carbocycles. The molecule has 0 aromatic heterocycles. The Bertz CT molecular complexity index is 2150. The number of ketones is 2. The summed E-state index contributed by atoms with van der Waals surface area (Å²) in [5.41, 5.74) is 6.05. The number of nitrogens with two attached hydrogens (primary N) is 1. The second-order valence-corrected chi connectivity index (χ2v) is 15.7. The lowest BCUT2D eigenvalue weighted by atomic mass is 9.81. The number of hydrogen-bond donors (Lipinski definition) is 10. The predicted molar refractivity (Wildman–Crippen MR) is 205 cm³/mol. The van der Waals surface area contributed by atoms with E-state index in [2.05, 4.69) is 16.0 Å². The van der Waals surface area contributed by atoms with Crippen molar-refractivity contribution in [2.24, 2.45) is 5.73 Å². The number of aliphatic hydroxyl groups excluding tert-OH is 5. The maximum Gasteiger partial charge on any atom is 0.242 e. The molecular formula is C41H47N5O13. The zero-order chi connectivity index (χ0) is 41.7. The van der Waals surface area contributed by atoms with Gasteiger partial charge in [-0.2, -0.15) is 0 Å². The Morgan fingerprint density at radius 1 is 0.949 bits per heavy atom. The molecule has 4 fully saturated rings. The fourth-order valence-corrected chi connectivity index (χ4v) is 8.85. The van der Waals surface area contributed by atoms with Crippen LogP contribution in [0.15, 0.2) is 48.5 Å². The molecule has 18 nitrogen and oxygen atoms in total. The van der Waals surface area contributed by atoms with Gasteiger partial charge in [-0.1, -0.05) is 37.1 Å². The summed E-state index contributed by atoms with van der Waals surface area (Å²) in [6.45, 7) is -0.739. The number of carbonyl (C=O) groups is 4. The minimum absolute atomic E-state index is 0.0364. The van der Waals surface area contributed by atoms with Gasteiger partial charge in [0.05, 0.1) is 30.5 Å². The number of benzene rings is 3. The molecule has 1 saturated carbocycles. The molecule has 0 bridgehead atoms. The molecule has 3 aromatic rings. The van der Waals surface area contributed by atoms with Crippen molar-refractivity contribution in [1.29, 1.82) is 0 Å². The van der Waals surface area contributed by atoms with E-state index in [4.69, 9.17) is 19.9 Å². The molecule has 3 aliphatic heterocycles. The van der Waals surface area contributed by atoms with Gasteiger partial charge in [-0.05, 0) is 48.2 Å². The Hall–Kier alpha value is -4.86. The van der Waals surface area contributed by atoms with Crippen LogP contribution in [0.5, 0.6) is 11.5 Å². The third-order valence-electron chi connectivity index (χ3n) is 11.9. The van der Waals surface area contributed by atoms with E-state index in [1.807, 2.05) is 11.0 Å². The van der Waals surface area contributed by atoms with Gasteiger partial charge in [0.25, 0.3) is 0 Å². The first-order valence-corrected chi connectivity index (χ1v) is 19.6. The smallest absolute Gasteiger partial charge is 0.242 e. The van der Waals surface area contributed by atoms with Gasteiger partial charge in [-0.3, -0.25) is 30.8 Å². The SMILES string of the molecule is N[C@@H]1NC(=O)[C@@H]2NCN(c3ccccc3Cc3cc4c(c(OC[C@H](O)CC=O)c3O[C@H]3O[C@@H](C5(O)CCCC5)[C@H](O)[C@@H](O)[C@@H]3O)C(=O)c3cc(CO)ccc3C4=O)[C@@H]2N1. The van der Waals surface area contributed by atoms with Crippen molar-refractivity contribution in [3.63, 3.8) is 0 Å². The van der Waals surface area contributed by atoms with Gasteiger partial charge in [-0.25, -0.2) is 0 Å². The highest BCUT2D eigenvalue weighted by Crippen LogP contribution is 2.46. The highest BCUT2D eigenvalue weighted by atomic mass is 16.7. The second kappa shape index (κ2) is 16.3. The maximum absolute atomic E-state index is 14.5. The largest absolute Gasteiger partial charge is 0.486 e. The van der Waals surface area contributed by atoms with Crippen molar-refractivity contribution >= 4 is 29.4 Å². The average Bonchev–Trinajstić information content (AvgIpc) is 3.86.